The summed E-state index contributed by atoms with van der Waals surface area (Å²) < 4.78 is 32.7. The van der Waals surface area contributed by atoms with Gasteiger partial charge in [0.15, 0.2) is 0 Å². The molecule has 0 saturated carbocycles. The monoisotopic (exact) mass is 344 g/mol. The number of hydrogen-bond acceptors (Lipinski definition) is 5. The Labute approximate surface area is 140 Å². The predicted molar refractivity (Wildman–Crippen MR) is 91.8 cm³/mol. The molecule has 0 atom stereocenters. The number of sulfonamides is 1. The fourth-order valence-electron chi connectivity index (χ4n) is 2.34. The van der Waals surface area contributed by atoms with Crippen LogP contribution >= 0.6 is 0 Å². The number of rotatable bonds is 5. The van der Waals surface area contributed by atoms with Gasteiger partial charge < -0.3 is 4.74 Å². The number of hydrogen-bond donors (Lipinski definition) is 1. The molecular formula is C16H16N4O3S. The summed E-state index contributed by atoms with van der Waals surface area (Å²) in [6, 6.07) is 10.7. The van der Waals surface area contributed by atoms with Crippen LogP contribution in [-0.2, 0) is 10.0 Å². The topological polar surface area (TPSA) is 86.1 Å². The first-order chi connectivity index (χ1) is 11.5. The summed E-state index contributed by atoms with van der Waals surface area (Å²) in [5.74, 6) is 1.13. The van der Waals surface area contributed by atoms with Crippen LogP contribution in [0, 0.1) is 0 Å². The maximum absolute atomic E-state index is 11.6. The van der Waals surface area contributed by atoms with Gasteiger partial charge in [-0.25, -0.2) is 18.4 Å². The van der Waals surface area contributed by atoms with Gasteiger partial charge in [0.2, 0.25) is 15.9 Å². The Morgan fingerprint density at radius 1 is 1.12 bits per heavy atom. The standard InChI is InChI=1S/C16H16N4O3S/c1-23-15-11-12(7-8-17-15)16-18-9-10-20(16)14-6-4-3-5-13(14)19-24(2,21)22/h3-11,19H,1-2H3. The Hall–Kier alpha value is -2.87. The number of benzene rings is 1. The van der Waals surface area contributed by atoms with Gasteiger partial charge in [-0.2, -0.15) is 0 Å². The maximum atomic E-state index is 11.6. The summed E-state index contributed by atoms with van der Waals surface area (Å²) >= 11 is 0. The minimum Gasteiger partial charge on any atom is -0.481 e. The third-order valence-corrected chi connectivity index (χ3v) is 3.89. The molecule has 0 aliphatic rings. The molecule has 1 aromatic carbocycles. The zero-order chi connectivity index (χ0) is 17.2. The van der Waals surface area contributed by atoms with E-state index in [4.69, 9.17) is 4.74 Å². The zero-order valence-electron chi connectivity index (χ0n) is 13.2. The van der Waals surface area contributed by atoms with E-state index < -0.39 is 10.0 Å². The highest BCUT2D eigenvalue weighted by Crippen LogP contribution is 2.27. The molecule has 3 aromatic rings. The molecule has 0 bridgehead atoms. The van der Waals surface area contributed by atoms with Crippen molar-refractivity contribution < 1.29 is 13.2 Å². The fourth-order valence-corrected chi connectivity index (χ4v) is 2.91. The summed E-state index contributed by atoms with van der Waals surface area (Å²) in [5.41, 5.74) is 1.95. The number of methoxy groups -OCH3 is 1. The molecule has 0 aliphatic carbocycles. The first-order valence-electron chi connectivity index (χ1n) is 7.09. The van der Waals surface area contributed by atoms with Gasteiger partial charge in [0.1, 0.15) is 5.82 Å². The Morgan fingerprint density at radius 3 is 2.67 bits per heavy atom. The molecule has 0 spiro atoms. The highest BCUT2D eigenvalue weighted by molar-refractivity contribution is 7.92. The van der Waals surface area contributed by atoms with Gasteiger partial charge in [-0.15, -0.1) is 0 Å². The van der Waals surface area contributed by atoms with Crippen LogP contribution in [-0.4, -0.2) is 36.3 Å². The van der Waals surface area contributed by atoms with Gasteiger partial charge >= 0.3 is 0 Å². The second-order valence-corrected chi connectivity index (χ2v) is 6.85. The van der Waals surface area contributed by atoms with Crippen LogP contribution in [0.3, 0.4) is 0 Å². The van der Waals surface area contributed by atoms with E-state index in [2.05, 4.69) is 14.7 Å². The van der Waals surface area contributed by atoms with E-state index in [9.17, 15) is 8.42 Å². The number of nitrogens with zero attached hydrogens (tertiary/aromatic N) is 3. The Bertz CT molecular complexity index is 967. The van der Waals surface area contributed by atoms with Gasteiger partial charge in [-0.05, 0) is 18.2 Å². The number of anilines is 1. The van der Waals surface area contributed by atoms with Crippen LogP contribution in [0.5, 0.6) is 5.88 Å². The lowest BCUT2D eigenvalue weighted by Crippen LogP contribution is -2.12. The van der Waals surface area contributed by atoms with Gasteiger partial charge in [0, 0.05) is 30.2 Å². The summed E-state index contributed by atoms with van der Waals surface area (Å²) in [6.07, 6.45) is 6.17. The number of para-hydroxylation sites is 2. The minimum absolute atomic E-state index is 0.472. The fraction of sp³-hybridized carbons (Fsp3) is 0.125. The van der Waals surface area contributed by atoms with E-state index >= 15 is 0 Å². The van der Waals surface area contributed by atoms with Gasteiger partial charge in [-0.1, -0.05) is 12.1 Å². The lowest BCUT2D eigenvalue weighted by atomic mass is 10.2. The molecule has 124 valence electrons. The second-order valence-electron chi connectivity index (χ2n) is 5.10. The van der Waals surface area contributed by atoms with E-state index in [0.717, 1.165) is 11.8 Å². The van der Waals surface area contributed by atoms with Crippen molar-refractivity contribution in [2.75, 3.05) is 18.1 Å². The molecule has 2 aromatic heterocycles. The second kappa shape index (κ2) is 6.32. The molecule has 0 aliphatic heterocycles. The number of pyridine rings is 1. The molecule has 24 heavy (non-hydrogen) atoms. The highest BCUT2D eigenvalue weighted by Gasteiger charge is 2.13. The van der Waals surface area contributed by atoms with Crippen molar-refractivity contribution in [1.29, 1.82) is 0 Å². The maximum Gasteiger partial charge on any atom is 0.229 e. The summed E-state index contributed by atoms with van der Waals surface area (Å²) in [6.45, 7) is 0. The van der Waals surface area contributed by atoms with Crippen molar-refractivity contribution in [2.45, 2.75) is 0 Å². The number of aromatic nitrogens is 3. The van der Waals surface area contributed by atoms with Gasteiger partial charge in [0.05, 0.1) is 24.7 Å². The largest absolute Gasteiger partial charge is 0.481 e. The van der Waals surface area contributed by atoms with Crippen LogP contribution < -0.4 is 9.46 Å². The van der Waals surface area contributed by atoms with Gasteiger partial charge in [0.25, 0.3) is 0 Å². The number of imidazole rings is 1. The molecule has 0 amide bonds. The minimum atomic E-state index is -3.39. The molecule has 8 heteroatoms. The molecule has 0 fully saturated rings. The zero-order valence-corrected chi connectivity index (χ0v) is 14.0. The molecule has 0 saturated heterocycles. The Balaban J connectivity index is 2.11. The van der Waals surface area contributed by atoms with Crippen molar-refractivity contribution in [3.05, 3.63) is 55.0 Å². The Kier molecular flexibility index (Phi) is 4.22. The lowest BCUT2D eigenvalue weighted by molar-refractivity contribution is 0.398. The van der Waals surface area contributed by atoms with Crippen molar-refractivity contribution in [3.63, 3.8) is 0 Å². The van der Waals surface area contributed by atoms with Crippen molar-refractivity contribution in [1.82, 2.24) is 14.5 Å². The van der Waals surface area contributed by atoms with E-state index in [-0.39, 0.29) is 0 Å². The van der Waals surface area contributed by atoms with E-state index in [1.807, 2.05) is 22.8 Å². The van der Waals surface area contributed by atoms with Crippen molar-refractivity contribution in [2.24, 2.45) is 0 Å². The van der Waals surface area contributed by atoms with Crippen molar-refractivity contribution in [3.8, 4) is 23.0 Å². The number of ether oxygens (including phenoxy) is 1. The highest BCUT2D eigenvalue weighted by atomic mass is 32.2. The summed E-state index contributed by atoms with van der Waals surface area (Å²) in [4.78, 5) is 8.46. The average Bonchev–Trinajstić information content (AvgIpc) is 3.03. The van der Waals surface area contributed by atoms with Crippen LogP contribution in [0.15, 0.2) is 55.0 Å². The normalized spacial score (nSPS) is 11.2. The van der Waals surface area contributed by atoms with Gasteiger partial charge in [-0.3, -0.25) is 9.29 Å². The molecule has 3 rings (SSSR count). The molecular weight excluding hydrogens is 328 g/mol. The first kappa shape index (κ1) is 16.0. The van der Waals surface area contributed by atoms with E-state index in [1.54, 1.807) is 43.9 Å². The smallest absolute Gasteiger partial charge is 0.229 e. The third kappa shape index (κ3) is 3.38. The van der Waals surface area contributed by atoms with Crippen LogP contribution in [0.2, 0.25) is 0 Å². The molecule has 0 radical (unpaired) electrons. The summed E-state index contributed by atoms with van der Waals surface area (Å²) in [7, 11) is -1.85. The SMILES string of the molecule is COc1cc(-c2nccn2-c2ccccc2NS(C)(=O)=O)ccn1. The Morgan fingerprint density at radius 2 is 1.92 bits per heavy atom. The van der Waals surface area contributed by atoms with E-state index in [0.29, 0.717) is 23.1 Å². The molecule has 2 heterocycles. The van der Waals surface area contributed by atoms with Crippen LogP contribution in [0.25, 0.3) is 17.1 Å². The third-order valence-electron chi connectivity index (χ3n) is 3.30. The van der Waals surface area contributed by atoms with Crippen LogP contribution in [0.1, 0.15) is 0 Å². The lowest BCUT2D eigenvalue weighted by Gasteiger charge is -2.14. The molecule has 7 nitrogen and oxygen atoms in total. The first-order valence-corrected chi connectivity index (χ1v) is 8.98. The number of nitrogens with one attached hydrogen (secondary N) is 1. The quantitative estimate of drug-likeness (QED) is 0.767. The molecule has 0 unspecified atom stereocenters. The van der Waals surface area contributed by atoms with Crippen LogP contribution in [0.4, 0.5) is 5.69 Å². The summed E-state index contributed by atoms with van der Waals surface area (Å²) in [5, 5.41) is 0. The average molecular weight is 344 g/mol. The molecule has 1 N–H and O–H groups in total. The van der Waals surface area contributed by atoms with E-state index in [1.165, 1.54) is 0 Å². The predicted octanol–water partition coefficient (Wildman–Crippen LogP) is 2.31. The van der Waals surface area contributed by atoms with Crippen molar-refractivity contribution >= 4 is 15.7 Å².